The van der Waals surface area contributed by atoms with Gasteiger partial charge in [-0.25, -0.2) is 9.37 Å². The molecule has 1 heterocycles. The minimum atomic E-state index is -0.255. The summed E-state index contributed by atoms with van der Waals surface area (Å²) in [4.78, 5) is 4.54. The summed E-state index contributed by atoms with van der Waals surface area (Å²) in [6.07, 6.45) is 0. The van der Waals surface area contributed by atoms with Gasteiger partial charge in [-0.2, -0.15) is 0 Å². The van der Waals surface area contributed by atoms with E-state index in [0.717, 1.165) is 33.7 Å². The van der Waals surface area contributed by atoms with E-state index in [2.05, 4.69) is 4.98 Å². The van der Waals surface area contributed by atoms with Crippen LogP contribution in [-0.2, 0) is 5.88 Å². The largest absolute Gasteiger partial charge is 0.295 e. The van der Waals surface area contributed by atoms with Crippen molar-refractivity contribution in [2.45, 2.75) is 19.7 Å². The number of rotatable bonds is 2. The lowest BCUT2D eigenvalue weighted by molar-refractivity contribution is 0.625. The first-order valence-electron chi connectivity index (χ1n) is 6.40. The number of hydrogen-bond acceptors (Lipinski definition) is 1. The number of fused-ring (bicyclic) bond motifs is 1. The van der Waals surface area contributed by atoms with Gasteiger partial charge < -0.3 is 0 Å². The fraction of sp³-hybridized carbons (Fsp3) is 0.188. The van der Waals surface area contributed by atoms with Crippen molar-refractivity contribution in [3.63, 3.8) is 0 Å². The zero-order valence-corrected chi connectivity index (χ0v) is 12.1. The van der Waals surface area contributed by atoms with Crippen LogP contribution in [0.4, 0.5) is 4.39 Å². The van der Waals surface area contributed by atoms with E-state index in [1.807, 2.05) is 42.7 Å². The first-order valence-corrected chi connectivity index (χ1v) is 6.93. The minimum absolute atomic E-state index is 0.255. The molecule has 0 radical (unpaired) electrons. The third-order valence-electron chi connectivity index (χ3n) is 3.28. The van der Waals surface area contributed by atoms with Gasteiger partial charge in [-0.1, -0.05) is 6.07 Å². The second-order valence-electron chi connectivity index (χ2n) is 4.98. The van der Waals surface area contributed by atoms with E-state index in [9.17, 15) is 4.39 Å². The highest BCUT2D eigenvalue weighted by atomic mass is 35.5. The molecule has 2 nitrogen and oxygen atoms in total. The molecule has 0 aliphatic carbocycles. The lowest BCUT2D eigenvalue weighted by atomic mass is 10.2. The Balaban J connectivity index is 2.33. The maximum atomic E-state index is 13.7. The van der Waals surface area contributed by atoms with Crippen LogP contribution in [0.25, 0.3) is 16.7 Å². The van der Waals surface area contributed by atoms with Crippen molar-refractivity contribution in [2.24, 2.45) is 0 Å². The zero-order chi connectivity index (χ0) is 14.3. The van der Waals surface area contributed by atoms with Crippen molar-refractivity contribution in [1.29, 1.82) is 0 Å². The third kappa shape index (κ3) is 2.18. The molecule has 1 aromatic heterocycles. The van der Waals surface area contributed by atoms with E-state index in [0.29, 0.717) is 0 Å². The number of nitrogens with zero attached hydrogens (tertiary/aromatic N) is 2. The molecule has 2 aromatic carbocycles. The Morgan fingerprint density at radius 2 is 1.90 bits per heavy atom. The molecule has 0 bridgehead atoms. The SMILES string of the molecule is Cc1cc(F)cc(-n2c(CCl)nc3cc(C)ccc32)c1. The number of aryl methyl sites for hydroxylation is 2. The van der Waals surface area contributed by atoms with Crippen LogP contribution in [0.15, 0.2) is 36.4 Å². The molecule has 0 unspecified atom stereocenters. The first kappa shape index (κ1) is 13.1. The van der Waals surface area contributed by atoms with Gasteiger partial charge in [0.05, 0.1) is 22.6 Å². The topological polar surface area (TPSA) is 17.8 Å². The normalized spacial score (nSPS) is 11.2. The third-order valence-corrected chi connectivity index (χ3v) is 3.52. The van der Waals surface area contributed by atoms with Crippen molar-refractivity contribution >= 4 is 22.6 Å². The second kappa shape index (κ2) is 4.91. The fourth-order valence-corrected chi connectivity index (χ4v) is 2.64. The Bertz CT molecular complexity index is 772. The lowest BCUT2D eigenvalue weighted by Gasteiger charge is -2.09. The molecule has 20 heavy (non-hydrogen) atoms. The van der Waals surface area contributed by atoms with Crippen LogP contribution in [0.5, 0.6) is 0 Å². The standard InChI is InChI=1S/C16H14ClFN2/c1-10-3-4-15-14(7-10)19-16(9-17)20(15)13-6-11(2)5-12(18)8-13/h3-8H,9H2,1-2H3. The van der Waals surface area contributed by atoms with Gasteiger partial charge in [0.1, 0.15) is 11.6 Å². The summed E-state index contributed by atoms with van der Waals surface area (Å²) in [6.45, 7) is 3.89. The molecule has 0 saturated carbocycles. The lowest BCUT2D eigenvalue weighted by Crippen LogP contribution is -2.00. The van der Waals surface area contributed by atoms with Crippen LogP contribution >= 0.6 is 11.6 Å². The fourth-order valence-electron chi connectivity index (χ4n) is 2.46. The van der Waals surface area contributed by atoms with Gasteiger partial charge in [-0.3, -0.25) is 4.57 Å². The molecule has 102 valence electrons. The summed E-state index contributed by atoms with van der Waals surface area (Å²) in [5.41, 5.74) is 4.58. The van der Waals surface area contributed by atoms with Gasteiger partial charge in [0.2, 0.25) is 0 Å². The molecule has 3 rings (SSSR count). The van der Waals surface area contributed by atoms with Gasteiger partial charge in [0, 0.05) is 0 Å². The molecular weight excluding hydrogens is 275 g/mol. The van der Waals surface area contributed by atoms with E-state index in [1.54, 1.807) is 0 Å². The summed E-state index contributed by atoms with van der Waals surface area (Å²) in [6, 6.07) is 11.0. The van der Waals surface area contributed by atoms with Gasteiger partial charge >= 0.3 is 0 Å². The highest BCUT2D eigenvalue weighted by molar-refractivity contribution is 6.17. The van der Waals surface area contributed by atoms with Gasteiger partial charge in [-0.05, 0) is 55.3 Å². The smallest absolute Gasteiger partial charge is 0.129 e. The van der Waals surface area contributed by atoms with Crippen LogP contribution in [0.1, 0.15) is 17.0 Å². The summed E-state index contributed by atoms with van der Waals surface area (Å²) in [7, 11) is 0. The average molecular weight is 289 g/mol. The molecule has 0 N–H and O–H groups in total. The van der Waals surface area contributed by atoms with Gasteiger partial charge in [0.15, 0.2) is 0 Å². The van der Waals surface area contributed by atoms with Gasteiger partial charge in [0.25, 0.3) is 0 Å². The second-order valence-corrected chi connectivity index (χ2v) is 5.24. The molecule has 0 aliphatic heterocycles. The summed E-state index contributed by atoms with van der Waals surface area (Å²) in [5, 5.41) is 0. The molecule has 0 fully saturated rings. The van der Waals surface area contributed by atoms with E-state index >= 15 is 0 Å². The van der Waals surface area contributed by atoms with E-state index < -0.39 is 0 Å². The highest BCUT2D eigenvalue weighted by Crippen LogP contribution is 2.24. The van der Waals surface area contributed by atoms with E-state index in [1.165, 1.54) is 12.1 Å². The number of alkyl halides is 1. The Kier molecular flexibility index (Phi) is 3.22. The number of halogens is 2. The van der Waals surface area contributed by atoms with E-state index in [-0.39, 0.29) is 11.7 Å². The number of benzene rings is 2. The molecule has 3 aromatic rings. The maximum Gasteiger partial charge on any atom is 0.129 e. The quantitative estimate of drug-likeness (QED) is 0.634. The Labute approximate surface area is 121 Å². The Hall–Kier alpha value is -1.87. The Morgan fingerprint density at radius 1 is 1.10 bits per heavy atom. The predicted octanol–water partition coefficient (Wildman–Crippen LogP) is 4.52. The Morgan fingerprint density at radius 3 is 2.60 bits per heavy atom. The maximum absolute atomic E-state index is 13.7. The molecule has 0 atom stereocenters. The van der Waals surface area contributed by atoms with Crippen LogP contribution in [-0.4, -0.2) is 9.55 Å². The molecule has 4 heteroatoms. The van der Waals surface area contributed by atoms with Crippen LogP contribution < -0.4 is 0 Å². The summed E-state index contributed by atoms with van der Waals surface area (Å²) >= 11 is 6.00. The summed E-state index contributed by atoms with van der Waals surface area (Å²) in [5.74, 6) is 0.746. The minimum Gasteiger partial charge on any atom is -0.295 e. The average Bonchev–Trinajstić information content (AvgIpc) is 2.74. The van der Waals surface area contributed by atoms with Crippen LogP contribution in [0, 0.1) is 19.7 Å². The van der Waals surface area contributed by atoms with E-state index in [4.69, 9.17) is 11.6 Å². The molecule has 0 amide bonds. The molecule has 0 spiro atoms. The molecule has 0 saturated heterocycles. The number of aromatic nitrogens is 2. The molecule has 0 aliphatic rings. The van der Waals surface area contributed by atoms with Crippen LogP contribution in [0.2, 0.25) is 0 Å². The van der Waals surface area contributed by atoms with Crippen molar-refractivity contribution in [3.8, 4) is 5.69 Å². The van der Waals surface area contributed by atoms with Gasteiger partial charge in [-0.15, -0.1) is 11.6 Å². The highest BCUT2D eigenvalue weighted by Gasteiger charge is 2.12. The number of hydrogen-bond donors (Lipinski definition) is 0. The van der Waals surface area contributed by atoms with Crippen molar-refractivity contribution < 1.29 is 4.39 Å². The zero-order valence-electron chi connectivity index (χ0n) is 11.3. The molecular formula is C16H14ClFN2. The monoisotopic (exact) mass is 288 g/mol. The van der Waals surface area contributed by atoms with Crippen molar-refractivity contribution in [1.82, 2.24) is 9.55 Å². The summed E-state index contributed by atoms with van der Waals surface area (Å²) < 4.78 is 15.6. The van der Waals surface area contributed by atoms with Crippen molar-refractivity contribution in [2.75, 3.05) is 0 Å². The van der Waals surface area contributed by atoms with Crippen LogP contribution in [0.3, 0.4) is 0 Å². The van der Waals surface area contributed by atoms with Crippen molar-refractivity contribution in [3.05, 3.63) is 59.2 Å². The number of imidazole rings is 1. The predicted molar refractivity (Wildman–Crippen MR) is 80.1 cm³/mol. The first-order chi connectivity index (χ1) is 9.58.